The lowest BCUT2D eigenvalue weighted by atomic mass is 9.94. The van der Waals surface area contributed by atoms with Crippen LogP contribution in [0.3, 0.4) is 0 Å². The molecule has 1 aliphatic heterocycles. The van der Waals surface area contributed by atoms with E-state index in [-0.39, 0.29) is 17.4 Å². The largest absolute Gasteiger partial charge is 0.351 e. The van der Waals surface area contributed by atoms with E-state index in [0.29, 0.717) is 0 Å². The van der Waals surface area contributed by atoms with Gasteiger partial charge in [0.2, 0.25) is 5.91 Å². The van der Waals surface area contributed by atoms with E-state index in [1.54, 1.807) is 11.3 Å². The van der Waals surface area contributed by atoms with Gasteiger partial charge in [-0.1, -0.05) is 0 Å². The lowest BCUT2D eigenvalue weighted by Crippen LogP contribution is -2.46. The molecule has 0 saturated carbocycles. The maximum absolute atomic E-state index is 12.1. The Kier molecular flexibility index (Phi) is 5.26. The second kappa shape index (κ2) is 6.58. The molecule has 1 aromatic heterocycles. The van der Waals surface area contributed by atoms with Crippen molar-refractivity contribution in [1.29, 1.82) is 0 Å². The number of halogens is 1. The van der Waals surface area contributed by atoms with Crippen LogP contribution in [0.4, 0.5) is 0 Å². The second-order valence-electron chi connectivity index (χ2n) is 6.55. The Balaban J connectivity index is 1.79. The first-order chi connectivity index (χ1) is 9.33. The van der Waals surface area contributed by atoms with Crippen LogP contribution in [-0.2, 0) is 11.3 Å². The monoisotopic (exact) mass is 358 g/mol. The Hall–Kier alpha value is -0.390. The van der Waals surface area contributed by atoms with Gasteiger partial charge >= 0.3 is 0 Å². The van der Waals surface area contributed by atoms with Crippen molar-refractivity contribution in [1.82, 2.24) is 10.2 Å². The molecule has 5 heteroatoms. The van der Waals surface area contributed by atoms with E-state index in [1.165, 1.54) is 9.35 Å². The zero-order valence-corrected chi connectivity index (χ0v) is 14.8. The van der Waals surface area contributed by atoms with Gasteiger partial charge < -0.3 is 5.32 Å². The van der Waals surface area contributed by atoms with E-state index in [2.05, 4.69) is 37.6 Å². The molecule has 2 rings (SSSR count). The molecule has 2 heterocycles. The number of thiophene rings is 1. The van der Waals surface area contributed by atoms with Crippen molar-refractivity contribution < 1.29 is 4.79 Å². The minimum absolute atomic E-state index is 0.128. The molecule has 0 atom stereocenters. The van der Waals surface area contributed by atoms with Crippen LogP contribution in [0, 0.1) is 5.92 Å². The summed E-state index contributed by atoms with van der Waals surface area (Å²) < 4.78 is 1.19. The van der Waals surface area contributed by atoms with Crippen molar-refractivity contribution in [2.75, 3.05) is 13.1 Å². The van der Waals surface area contributed by atoms with Gasteiger partial charge in [-0.25, -0.2) is 0 Å². The SMILES string of the molecule is CC(C)(C)NC(=O)C1CCN(Cc2csc(Br)c2)CC1. The topological polar surface area (TPSA) is 32.3 Å². The number of amides is 1. The number of carbonyl (C=O) groups is 1. The minimum atomic E-state index is -0.128. The molecular formula is C15H23BrN2OS. The molecule has 1 aromatic rings. The summed E-state index contributed by atoms with van der Waals surface area (Å²) in [6.07, 6.45) is 1.93. The van der Waals surface area contributed by atoms with Crippen molar-refractivity contribution in [3.63, 3.8) is 0 Å². The predicted molar refractivity (Wildman–Crippen MR) is 87.9 cm³/mol. The normalized spacial score (nSPS) is 18.2. The van der Waals surface area contributed by atoms with Crippen molar-refractivity contribution in [3.05, 3.63) is 20.8 Å². The van der Waals surface area contributed by atoms with Crippen molar-refractivity contribution >= 4 is 33.2 Å². The van der Waals surface area contributed by atoms with Crippen molar-refractivity contribution in [3.8, 4) is 0 Å². The summed E-state index contributed by atoms with van der Waals surface area (Å²) in [5.74, 6) is 0.398. The summed E-state index contributed by atoms with van der Waals surface area (Å²) in [5, 5.41) is 5.29. The van der Waals surface area contributed by atoms with Gasteiger partial charge in [-0.15, -0.1) is 11.3 Å². The Morgan fingerprint density at radius 2 is 2.10 bits per heavy atom. The predicted octanol–water partition coefficient (Wildman–Crippen LogP) is 3.64. The molecule has 0 unspecified atom stereocenters. The average molecular weight is 359 g/mol. The molecule has 0 aliphatic carbocycles. The highest BCUT2D eigenvalue weighted by Gasteiger charge is 2.27. The number of piperidine rings is 1. The van der Waals surface area contributed by atoms with E-state index in [4.69, 9.17) is 0 Å². The van der Waals surface area contributed by atoms with Gasteiger partial charge in [0.1, 0.15) is 0 Å². The molecule has 1 aliphatic rings. The Bertz CT molecular complexity index is 459. The van der Waals surface area contributed by atoms with Crippen LogP contribution in [0.5, 0.6) is 0 Å². The summed E-state index contributed by atoms with van der Waals surface area (Å²) >= 11 is 5.23. The molecular weight excluding hydrogens is 336 g/mol. The molecule has 1 fully saturated rings. The van der Waals surface area contributed by atoms with E-state index in [9.17, 15) is 4.79 Å². The zero-order chi connectivity index (χ0) is 14.8. The minimum Gasteiger partial charge on any atom is -0.351 e. The van der Waals surface area contributed by atoms with Crippen LogP contribution in [0.25, 0.3) is 0 Å². The Labute approximate surface area is 133 Å². The van der Waals surface area contributed by atoms with Crippen molar-refractivity contribution in [2.45, 2.75) is 45.7 Å². The Morgan fingerprint density at radius 1 is 1.45 bits per heavy atom. The number of hydrogen-bond donors (Lipinski definition) is 1. The molecule has 1 amide bonds. The van der Waals surface area contributed by atoms with Gasteiger partial charge in [-0.2, -0.15) is 0 Å². The molecule has 3 nitrogen and oxygen atoms in total. The van der Waals surface area contributed by atoms with Gasteiger partial charge in [0.05, 0.1) is 3.79 Å². The molecule has 0 aromatic carbocycles. The van der Waals surface area contributed by atoms with Gasteiger partial charge in [-0.05, 0) is 79.6 Å². The van der Waals surface area contributed by atoms with Crippen LogP contribution in [0.1, 0.15) is 39.2 Å². The molecule has 1 N–H and O–H groups in total. The van der Waals surface area contributed by atoms with Crippen LogP contribution in [0.2, 0.25) is 0 Å². The summed E-state index contributed by atoms with van der Waals surface area (Å²) in [5.41, 5.74) is 1.23. The van der Waals surface area contributed by atoms with E-state index in [0.717, 1.165) is 32.5 Å². The number of likely N-dealkylation sites (tertiary alicyclic amines) is 1. The number of carbonyl (C=O) groups excluding carboxylic acids is 1. The first-order valence-electron chi connectivity index (χ1n) is 7.11. The highest BCUT2D eigenvalue weighted by Crippen LogP contribution is 2.24. The first kappa shape index (κ1) is 16.0. The molecule has 112 valence electrons. The highest BCUT2D eigenvalue weighted by molar-refractivity contribution is 9.11. The zero-order valence-electron chi connectivity index (χ0n) is 12.4. The third kappa shape index (κ3) is 4.86. The number of nitrogens with one attached hydrogen (secondary N) is 1. The lowest BCUT2D eigenvalue weighted by Gasteiger charge is -2.32. The summed E-state index contributed by atoms with van der Waals surface area (Å²) in [7, 11) is 0. The third-order valence-corrected chi connectivity index (χ3v) is 5.04. The number of nitrogens with zero attached hydrogens (tertiary/aromatic N) is 1. The highest BCUT2D eigenvalue weighted by atomic mass is 79.9. The fourth-order valence-corrected chi connectivity index (χ4v) is 3.71. The average Bonchev–Trinajstić information content (AvgIpc) is 2.73. The molecule has 1 saturated heterocycles. The van der Waals surface area contributed by atoms with Crippen LogP contribution >= 0.6 is 27.3 Å². The molecule has 20 heavy (non-hydrogen) atoms. The summed E-state index contributed by atoms with van der Waals surface area (Å²) in [6.45, 7) is 9.12. The standard InChI is InChI=1S/C15H23BrN2OS/c1-15(2,3)17-14(19)12-4-6-18(7-5-12)9-11-8-13(16)20-10-11/h8,10,12H,4-7,9H2,1-3H3,(H,17,19). The maximum Gasteiger partial charge on any atom is 0.223 e. The fourth-order valence-electron chi connectivity index (χ4n) is 2.51. The number of rotatable bonds is 3. The molecule has 0 radical (unpaired) electrons. The maximum atomic E-state index is 12.1. The third-order valence-electron chi connectivity index (χ3n) is 3.48. The summed E-state index contributed by atoms with van der Waals surface area (Å²) in [6, 6.07) is 2.18. The first-order valence-corrected chi connectivity index (χ1v) is 8.78. The van der Waals surface area contributed by atoms with Gasteiger partial charge in [-0.3, -0.25) is 9.69 Å². The van der Waals surface area contributed by atoms with E-state index in [1.807, 2.05) is 20.8 Å². The fraction of sp³-hybridized carbons (Fsp3) is 0.667. The quantitative estimate of drug-likeness (QED) is 0.894. The second-order valence-corrected chi connectivity index (χ2v) is 8.84. The lowest BCUT2D eigenvalue weighted by molar-refractivity contribution is -0.127. The van der Waals surface area contributed by atoms with Gasteiger partial charge in [0, 0.05) is 18.0 Å². The molecule has 0 bridgehead atoms. The van der Waals surface area contributed by atoms with Crippen LogP contribution in [0.15, 0.2) is 15.2 Å². The van der Waals surface area contributed by atoms with Gasteiger partial charge in [0.25, 0.3) is 0 Å². The Morgan fingerprint density at radius 3 is 2.60 bits per heavy atom. The van der Waals surface area contributed by atoms with Crippen molar-refractivity contribution in [2.24, 2.45) is 5.92 Å². The summed E-state index contributed by atoms with van der Waals surface area (Å²) in [4.78, 5) is 14.6. The van der Waals surface area contributed by atoms with E-state index < -0.39 is 0 Å². The van der Waals surface area contributed by atoms with Gasteiger partial charge in [0.15, 0.2) is 0 Å². The molecule has 0 spiro atoms. The number of hydrogen-bond acceptors (Lipinski definition) is 3. The van der Waals surface area contributed by atoms with Crippen LogP contribution < -0.4 is 5.32 Å². The van der Waals surface area contributed by atoms with E-state index >= 15 is 0 Å². The van der Waals surface area contributed by atoms with Crippen LogP contribution in [-0.4, -0.2) is 29.4 Å². The smallest absolute Gasteiger partial charge is 0.223 e.